The van der Waals surface area contributed by atoms with Crippen LogP contribution in [-0.2, 0) is 6.54 Å². The molecule has 5 heteroatoms. The number of hydrogen-bond donors (Lipinski definition) is 1. The van der Waals surface area contributed by atoms with E-state index in [1.54, 1.807) is 17.8 Å². The smallest absolute Gasteiger partial charge is 0.178 e. The highest BCUT2D eigenvalue weighted by Crippen LogP contribution is 2.16. The number of imidazole rings is 1. The number of benzene rings is 1. The van der Waals surface area contributed by atoms with Gasteiger partial charge in [0.1, 0.15) is 5.82 Å². The molecule has 2 nitrogen and oxygen atoms in total. The Kier molecular flexibility index (Phi) is 3.87. The lowest BCUT2D eigenvalue weighted by atomic mass is 10.3. The van der Waals surface area contributed by atoms with Crippen LogP contribution in [-0.4, -0.2) is 21.1 Å². The second-order valence-electron chi connectivity index (χ2n) is 3.50. The van der Waals surface area contributed by atoms with Gasteiger partial charge >= 0.3 is 0 Å². The van der Waals surface area contributed by atoms with Gasteiger partial charge in [0, 0.05) is 12.3 Å². The number of aryl methyl sites for hydroxylation is 1. The maximum absolute atomic E-state index is 13.2. The molecule has 0 aliphatic rings. The molecule has 88 valence electrons. The Hall–Kier alpha value is -1.25. The van der Waals surface area contributed by atoms with Crippen molar-refractivity contribution in [1.82, 2.24) is 9.55 Å². The van der Waals surface area contributed by atoms with Crippen molar-refractivity contribution in [3.8, 4) is 12.3 Å². The number of halogens is 1. The number of H-pyrrole nitrogens is 1. The average Bonchev–Trinajstić information content (AvgIpc) is 2.61. The number of nitrogens with one attached hydrogen (secondary N) is 1. The molecule has 0 atom stereocenters. The largest absolute Gasteiger partial charge is 0.331 e. The van der Waals surface area contributed by atoms with Gasteiger partial charge in [-0.2, -0.15) is 0 Å². The minimum absolute atomic E-state index is 0.253. The van der Waals surface area contributed by atoms with E-state index in [4.69, 9.17) is 18.6 Å². The summed E-state index contributed by atoms with van der Waals surface area (Å²) in [6, 6.07) is 4.62. The molecule has 1 heterocycles. The summed E-state index contributed by atoms with van der Waals surface area (Å²) in [4.78, 5) is 3.06. The van der Waals surface area contributed by atoms with Crippen molar-refractivity contribution in [3.05, 3.63) is 28.8 Å². The fraction of sp³-hybridized carbons (Fsp3) is 0.250. The van der Waals surface area contributed by atoms with Crippen LogP contribution in [0.4, 0.5) is 4.39 Å². The molecule has 0 saturated heterocycles. The summed E-state index contributed by atoms with van der Waals surface area (Å²) in [6.07, 6.45) is 5.17. The zero-order chi connectivity index (χ0) is 12.3. The van der Waals surface area contributed by atoms with Crippen LogP contribution in [0, 0.1) is 22.9 Å². The highest BCUT2D eigenvalue weighted by atomic mass is 32.2. The van der Waals surface area contributed by atoms with E-state index in [2.05, 4.69) is 10.9 Å². The first-order chi connectivity index (χ1) is 8.22. The van der Waals surface area contributed by atoms with Crippen molar-refractivity contribution in [2.75, 3.05) is 11.5 Å². The molecular formula is C12H11FN2S2. The van der Waals surface area contributed by atoms with E-state index >= 15 is 0 Å². The van der Waals surface area contributed by atoms with Crippen LogP contribution in [0.25, 0.3) is 11.0 Å². The molecule has 2 aromatic rings. The minimum Gasteiger partial charge on any atom is -0.331 e. The van der Waals surface area contributed by atoms with Gasteiger partial charge in [-0.15, -0.1) is 18.2 Å². The lowest BCUT2D eigenvalue weighted by molar-refractivity contribution is 0.628. The summed E-state index contributed by atoms with van der Waals surface area (Å²) < 4.78 is 15.7. The number of hydrogen-bond acceptors (Lipinski definition) is 2. The number of terminal acetylenes is 1. The van der Waals surface area contributed by atoms with Gasteiger partial charge in [-0.05, 0) is 30.4 Å². The quantitative estimate of drug-likeness (QED) is 0.521. The lowest BCUT2D eigenvalue weighted by Crippen LogP contribution is -2.00. The maximum Gasteiger partial charge on any atom is 0.178 e. The molecule has 0 aliphatic carbocycles. The van der Waals surface area contributed by atoms with Crippen molar-refractivity contribution in [3.63, 3.8) is 0 Å². The number of thioether (sulfide) groups is 1. The number of aromatic nitrogens is 2. The summed E-state index contributed by atoms with van der Waals surface area (Å²) >= 11 is 6.87. The van der Waals surface area contributed by atoms with Crippen molar-refractivity contribution in [1.29, 1.82) is 0 Å². The summed E-state index contributed by atoms with van der Waals surface area (Å²) in [5.41, 5.74) is 1.66. The molecule has 0 radical (unpaired) electrons. The first-order valence-electron chi connectivity index (χ1n) is 5.11. The molecule has 1 aromatic carbocycles. The van der Waals surface area contributed by atoms with Gasteiger partial charge in [0.2, 0.25) is 0 Å². The second kappa shape index (κ2) is 5.39. The Bertz CT molecular complexity index is 621. The zero-order valence-electron chi connectivity index (χ0n) is 9.07. The molecule has 2 rings (SSSR count). The monoisotopic (exact) mass is 266 g/mol. The van der Waals surface area contributed by atoms with E-state index in [0.29, 0.717) is 10.5 Å². The molecule has 0 amide bonds. The fourth-order valence-electron chi connectivity index (χ4n) is 1.63. The molecule has 0 saturated carbocycles. The van der Waals surface area contributed by atoms with Crippen molar-refractivity contribution in [2.24, 2.45) is 0 Å². The predicted molar refractivity (Wildman–Crippen MR) is 73.2 cm³/mol. The molecule has 0 bridgehead atoms. The Morgan fingerprint density at radius 1 is 1.53 bits per heavy atom. The zero-order valence-corrected chi connectivity index (χ0v) is 10.7. The highest BCUT2D eigenvalue weighted by Gasteiger charge is 2.05. The Labute approximate surface area is 108 Å². The average molecular weight is 266 g/mol. The second-order valence-corrected chi connectivity index (χ2v) is 4.99. The third kappa shape index (κ3) is 2.71. The van der Waals surface area contributed by atoms with E-state index in [-0.39, 0.29) is 5.82 Å². The van der Waals surface area contributed by atoms with Crippen LogP contribution in [0.15, 0.2) is 18.2 Å². The summed E-state index contributed by atoms with van der Waals surface area (Å²) in [7, 11) is 0. The van der Waals surface area contributed by atoms with E-state index in [0.717, 1.165) is 23.3 Å². The van der Waals surface area contributed by atoms with Crippen LogP contribution in [0.5, 0.6) is 0 Å². The topological polar surface area (TPSA) is 20.7 Å². The molecule has 1 aromatic heterocycles. The maximum atomic E-state index is 13.2. The molecule has 0 spiro atoms. The van der Waals surface area contributed by atoms with E-state index < -0.39 is 0 Å². The summed E-state index contributed by atoms with van der Waals surface area (Å²) in [5.74, 6) is 3.86. The normalized spacial score (nSPS) is 10.6. The number of fused-ring (bicyclic) bond motifs is 1. The highest BCUT2D eigenvalue weighted by molar-refractivity contribution is 7.99. The first kappa shape index (κ1) is 12.2. The molecule has 0 fully saturated rings. The van der Waals surface area contributed by atoms with Gasteiger partial charge in [0.05, 0.1) is 16.8 Å². The van der Waals surface area contributed by atoms with Gasteiger partial charge in [-0.1, -0.05) is 5.92 Å². The molecule has 0 unspecified atom stereocenters. The standard InChI is InChI=1S/C12H11FN2S2/c1-2-6-17-7-5-15-11-8-9(13)3-4-10(11)14-12(15)16/h1,3-4,8H,5-7H2,(H,14,16). The van der Waals surface area contributed by atoms with Gasteiger partial charge in [-0.25, -0.2) is 4.39 Å². The van der Waals surface area contributed by atoms with Crippen molar-refractivity contribution < 1.29 is 4.39 Å². The third-order valence-corrected chi connectivity index (χ3v) is 3.55. The van der Waals surface area contributed by atoms with Crippen LogP contribution in [0.3, 0.4) is 0 Å². The number of nitrogens with zero attached hydrogens (tertiary/aromatic N) is 1. The van der Waals surface area contributed by atoms with Crippen LogP contribution >= 0.6 is 24.0 Å². The van der Waals surface area contributed by atoms with Gasteiger partial charge in [0.25, 0.3) is 0 Å². The number of aromatic amines is 1. The summed E-state index contributed by atoms with van der Waals surface area (Å²) in [5, 5.41) is 0. The third-order valence-electron chi connectivity index (χ3n) is 2.38. The van der Waals surface area contributed by atoms with E-state index in [1.807, 2.05) is 4.57 Å². The lowest BCUT2D eigenvalue weighted by Gasteiger charge is -2.03. The first-order valence-corrected chi connectivity index (χ1v) is 6.68. The van der Waals surface area contributed by atoms with E-state index in [1.165, 1.54) is 12.1 Å². The SMILES string of the molecule is C#CCSCCn1c(=S)[nH]c2ccc(F)cc21. The molecule has 1 N–H and O–H groups in total. The Morgan fingerprint density at radius 3 is 3.12 bits per heavy atom. The van der Waals surface area contributed by atoms with Crippen LogP contribution in [0.1, 0.15) is 0 Å². The van der Waals surface area contributed by atoms with Crippen LogP contribution in [0.2, 0.25) is 0 Å². The minimum atomic E-state index is -0.253. The molecule has 0 aliphatic heterocycles. The van der Waals surface area contributed by atoms with Gasteiger partial charge < -0.3 is 9.55 Å². The molecule has 17 heavy (non-hydrogen) atoms. The van der Waals surface area contributed by atoms with Crippen molar-refractivity contribution >= 4 is 35.0 Å². The number of rotatable bonds is 4. The fourth-order valence-corrected chi connectivity index (χ4v) is 2.51. The van der Waals surface area contributed by atoms with Crippen molar-refractivity contribution in [2.45, 2.75) is 6.54 Å². The van der Waals surface area contributed by atoms with Crippen LogP contribution < -0.4 is 0 Å². The van der Waals surface area contributed by atoms with Gasteiger partial charge in [-0.3, -0.25) is 0 Å². The predicted octanol–water partition coefficient (Wildman–Crippen LogP) is 3.20. The summed E-state index contributed by atoms with van der Waals surface area (Å²) in [6.45, 7) is 0.731. The van der Waals surface area contributed by atoms with E-state index in [9.17, 15) is 4.39 Å². The molecular weight excluding hydrogens is 255 g/mol. The van der Waals surface area contributed by atoms with Gasteiger partial charge in [0.15, 0.2) is 4.77 Å². The Morgan fingerprint density at radius 2 is 2.35 bits per heavy atom. The Balaban J connectivity index is 2.27.